The number of rotatable bonds is 4. The van der Waals surface area contributed by atoms with E-state index >= 15 is 0 Å². The van der Waals surface area contributed by atoms with E-state index in [9.17, 15) is 4.79 Å². The molecular weight excluding hydrogens is 276 g/mol. The van der Waals surface area contributed by atoms with Crippen molar-refractivity contribution in [3.05, 3.63) is 93.7 Å². The number of hydrogen-bond acceptors (Lipinski definition) is 2. The smallest absolute Gasteiger partial charge is 0.169 e. The molecule has 0 saturated heterocycles. The monoisotopic (exact) mass is 292 g/mol. The molecule has 1 heterocycles. The minimum Gasteiger partial charge on any atom is -0.294 e. The lowest BCUT2D eigenvalue weighted by Crippen LogP contribution is -2.00. The van der Waals surface area contributed by atoms with Crippen LogP contribution in [0.2, 0.25) is 0 Å². The Bertz CT molecular complexity index is 689. The minimum atomic E-state index is 0.131. The van der Waals surface area contributed by atoms with Gasteiger partial charge in [0.15, 0.2) is 5.78 Å². The summed E-state index contributed by atoms with van der Waals surface area (Å²) in [5, 5.41) is 0. The van der Waals surface area contributed by atoms with Crippen LogP contribution in [0.1, 0.15) is 38.5 Å². The number of carbonyl (C=O) groups is 1. The van der Waals surface area contributed by atoms with Crippen molar-refractivity contribution in [1.29, 1.82) is 0 Å². The van der Waals surface area contributed by atoms with Gasteiger partial charge in [-0.2, -0.15) is 0 Å². The first kappa shape index (κ1) is 13.8. The van der Waals surface area contributed by atoms with E-state index in [0.29, 0.717) is 0 Å². The normalized spacial score (nSPS) is 10.8. The molecule has 0 saturated carbocycles. The van der Waals surface area contributed by atoms with E-state index in [0.717, 1.165) is 4.88 Å². The van der Waals surface area contributed by atoms with Gasteiger partial charge < -0.3 is 0 Å². The molecule has 2 aromatic carbocycles. The lowest BCUT2D eigenvalue weighted by Gasteiger charge is -2.16. The first-order valence-electron chi connectivity index (χ1n) is 6.96. The Labute approximate surface area is 128 Å². The molecule has 0 spiro atoms. The van der Waals surface area contributed by atoms with Crippen LogP contribution in [0.3, 0.4) is 0 Å². The van der Waals surface area contributed by atoms with Crippen LogP contribution in [0.15, 0.2) is 72.8 Å². The first-order chi connectivity index (χ1) is 10.3. The van der Waals surface area contributed by atoms with E-state index in [2.05, 4.69) is 54.6 Å². The molecular formula is C19H16OS. The molecule has 0 bridgehead atoms. The highest BCUT2D eigenvalue weighted by molar-refractivity contribution is 7.14. The van der Waals surface area contributed by atoms with Crippen molar-refractivity contribution in [2.75, 3.05) is 0 Å². The van der Waals surface area contributed by atoms with Gasteiger partial charge >= 0.3 is 0 Å². The molecule has 0 N–H and O–H groups in total. The fourth-order valence-corrected chi connectivity index (χ4v) is 3.57. The number of ketones is 1. The van der Waals surface area contributed by atoms with Gasteiger partial charge in [-0.15, -0.1) is 11.3 Å². The third kappa shape index (κ3) is 2.96. The molecule has 0 aliphatic heterocycles. The van der Waals surface area contributed by atoms with Crippen LogP contribution in [0.25, 0.3) is 0 Å². The van der Waals surface area contributed by atoms with Crippen molar-refractivity contribution < 1.29 is 4.79 Å². The Kier molecular flexibility index (Phi) is 3.98. The van der Waals surface area contributed by atoms with E-state index in [1.807, 2.05) is 18.2 Å². The van der Waals surface area contributed by atoms with Crippen molar-refractivity contribution in [2.45, 2.75) is 12.8 Å². The molecule has 0 atom stereocenters. The van der Waals surface area contributed by atoms with E-state index in [1.165, 1.54) is 16.0 Å². The number of carbonyl (C=O) groups excluding carboxylic acids is 1. The van der Waals surface area contributed by atoms with Crippen molar-refractivity contribution in [2.24, 2.45) is 0 Å². The Morgan fingerprint density at radius 3 is 1.76 bits per heavy atom. The largest absolute Gasteiger partial charge is 0.294 e. The van der Waals surface area contributed by atoms with E-state index in [4.69, 9.17) is 0 Å². The van der Waals surface area contributed by atoms with Gasteiger partial charge in [-0.25, -0.2) is 0 Å². The highest BCUT2D eigenvalue weighted by Gasteiger charge is 2.19. The molecule has 0 unspecified atom stereocenters. The number of thiophene rings is 1. The summed E-state index contributed by atoms with van der Waals surface area (Å²) >= 11 is 1.59. The molecule has 3 rings (SSSR count). The summed E-state index contributed by atoms with van der Waals surface area (Å²) in [6.07, 6.45) is 0. The molecule has 0 amide bonds. The first-order valence-corrected chi connectivity index (χ1v) is 7.78. The molecule has 3 aromatic rings. The zero-order chi connectivity index (χ0) is 14.7. The summed E-state index contributed by atoms with van der Waals surface area (Å²) in [6.45, 7) is 1.62. The quantitative estimate of drug-likeness (QED) is 0.609. The summed E-state index contributed by atoms with van der Waals surface area (Å²) in [5.74, 6) is 0.316. The van der Waals surface area contributed by atoms with Gasteiger partial charge in [0.05, 0.1) is 4.88 Å². The van der Waals surface area contributed by atoms with Gasteiger partial charge in [0.2, 0.25) is 0 Å². The molecule has 1 aromatic heterocycles. The SMILES string of the molecule is CC(=O)c1ccc(C(c2ccccc2)c2ccccc2)s1. The lowest BCUT2D eigenvalue weighted by molar-refractivity contribution is 0.102. The van der Waals surface area contributed by atoms with Crippen LogP contribution in [0.4, 0.5) is 0 Å². The zero-order valence-electron chi connectivity index (χ0n) is 11.8. The van der Waals surface area contributed by atoms with Crippen molar-refractivity contribution >= 4 is 17.1 Å². The molecule has 2 heteroatoms. The van der Waals surface area contributed by atoms with Crippen molar-refractivity contribution in [1.82, 2.24) is 0 Å². The van der Waals surface area contributed by atoms with Gasteiger partial charge in [-0.05, 0) is 30.2 Å². The van der Waals surface area contributed by atoms with Gasteiger partial charge in [-0.3, -0.25) is 4.79 Å². The molecule has 0 aliphatic rings. The maximum Gasteiger partial charge on any atom is 0.169 e. The van der Waals surface area contributed by atoms with Crippen LogP contribution >= 0.6 is 11.3 Å². The number of Topliss-reactive ketones (excluding diaryl/α,β-unsaturated/α-hetero) is 1. The molecule has 0 fully saturated rings. The molecule has 1 nitrogen and oxygen atoms in total. The number of hydrogen-bond donors (Lipinski definition) is 0. The van der Waals surface area contributed by atoms with Crippen LogP contribution in [0, 0.1) is 0 Å². The van der Waals surface area contributed by atoms with Gasteiger partial charge in [0.25, 0.3) is 0 Å². The van der Waals surface area contributed by atoms with Gasteiger partial charge in [0, 0.05) is 10.8 Å². The summed E-state index contributed by atoms with van der Waals surface area (Å²) < 4.78 is 0. The predicted octanol–water partition coefficient (Wildman–Crippen LogP) is 5.13. The lowest BCUT2D eigenvalue weighted by atomic mass is 9.90. The molecule has 21 heavy (non-hydrogen) atoms. The van der Waals surface area contributed by atoms with Crippen LogP contribution in [0.5, 0.6) is 0 Å². The second kappa shape index (κ2) is 6.06. The summed E-state index contributed by atoms with van der Waals surface area (Å²) in [4.78, 5) is 13.6. The minimum absolute atomic E-state index is 0.131. The van der Waals surface area contributed by atoms with E-state index in [1.54, 1.807) is 18.3 Å². The molecule has 0 aliphatic carbocycles. The predicted molar refractivity (Wildman–Crippen MR) is 88.2 cm³/mol. The summed E-state index contributed by atoms with van der Waals surface area (Å²) in [6, 6.07) is 24.9. The topological polar surface area (TPSA) is 17.1 Å². The van der Waals surface area contributed by atoms with Crippen LogP contribution in [-0.2, 0) is 0 Å². The van der Waals surface area contributed by atoms with Crippen molar-refractivity contribution in [3.63, 3.8) is 0 Å². The molecule has 104 valence electrons. The third-order valence-electron chi connectivity index (χ3n) is 3.52. The Morgan fingerprint density at radius 1 is 0.810 bits per heavy atom. The van der Waals surface area contributed by atoms with Crippen LogP contribution in [-0.4, -0.2) is 5.78 Å². The fourth-order valence-electron chi connectivity index (χ4n) is 2.51. The molecule has 0 radical (unpaired) electrons. The zero-order valence-corrected chi connectivity index (χ0v) is 12.6. The second-order valence-corrected chi connectivity index (χ2v) is 6.13. The fraction of sp³-hybridized carbons (Fsp3) is 0.105. The maximum absolute atomic E-state index is 11.6. The van der Waals surface area contributed by atoms with E-state index in [-0.39, 0.29) is 11.7 Å². The standard InChI is InChI=1S/C19H16OS/c1-14(20)17-12-13-18(21-17)19(15-8-4-2-5-9-15)16-10-6-3-7-11-16/h2-13,19H,1H3. The summed E-state index contributed by atoms with van der Waals surface area (Å²) in [7, 11) is 0. The number of benzene rings is 2. The summed E-state index contributed by atoms with van der Waals surface area (Å²) in [5.41, 5.74) is 2.50. The second-order valence-electron chi connectivity index (χ2n) is 5.01. The van der Waals surface area contributed by atoms with Gasteiger partial charge in [0.1, 0.15) is 0 Å². The average molecular weight is 292 g/mol. The Hall–Kier alpha value is -2.19. The van der Waals surface area contributed by atoms with Gasteiger partial charge in [-0.1, -0.05) is 60.7 Å². The van der Waals surface area contributed by atoms with Crippen LogP contribution < -0.4 is 0 Å². The maximum atomic E-state index is 11.6. The third-order valence-corrected chi connectivity index (χ3v) is 4.78. The highest BCUT2D eigenvalue weighted by atomic mass is 32.1. The Balaban J connectivity index is 2.10. The van der Waals surface area contributed by atoms with Crippen molar-refractivity contribution in [3.8, 4) is 0 Å². The highest BCUT2D eigenvalue weighted by Crippen LogP contribution is 2.35. The Morgan fingerprint density at radius 2 is 1.33 bits per heavy atom. The average Bonchev–Trinajstić information content (AvgIpc) is 3.00. The van der Waals surface area contributed by atoms with E-state index < -0.39 is 0 Å².